The molecule has 0 atom stereocenters. The Labute approximate surface area is 124 Å². The minimum absolute atomic E-state index is 0.388. The van der Waals surface area contributed by atoms with Crippen LogP contribution < -0.4 is 0 Å². The number of piperidine rings is 2. The molecule has 2 heterocycles. The molecular formula is C17H32N2O. The maximum atomic E-state index is 12.2. The molecule has 1 spiro atoms. The predicted molar refractivity (Wildman–Crippen MR) is 83.7 cm³/mol. The Bertz CT molecular complexity index is 309. The number of carbonyl (C=O) groups is 1. The van der Waals surface area contributed by atoms with Gasteiger partial charge in [0.05, 0.1) is 0 Å². The van der Waals surface area contributed by atoms with E-state index < -0.39 is 0 Å². The fourth-order valence-corrected chi connectivity index (χ4v) is 3.64. The third-order valence-electron chi connectivity index (χ3n) is 5.48. The highest BCUT2D eigenvalue weighted by Crippen LogP contribution is 2.41. The average molecular weight is 280 g/mol. The molecule has 2 aliphatic heterocycles. The van der Waals surface area contributed by atoms with Crippen LogP contribution in [0.3, 0.4) is 0 Å². The van der Waals surface area contributed by atoms with Crippen LogP contribution in [0.1, 0.15) is 59.3 Å². The first-order valence-electron chi connectivity index (χ1n) is 8.55. The van der Waals surface area contributed by atoms with Crippen molar-refractivity contribution in [3.63, 3.8) is 0 Å². The summed E-state index contributed by atoms with van der Waals surface area (Å²) >= 11 is 0. The second-order valence-corrected chi connectivity index (χ2v) is 7.25. The molecule has 2 rings (SSSR count). The molecule has 1 amide bonds. The molecule has 0 aromatic heterocycles. The van der Waals surface area contributed by atoms with Crippen molar-refractivity contribution in [1.29, 1.82) is 0 Å². The average Bonchev–Trinajstić information content (AvgIpc) is 2.46. The highest BCUT2D eigenvalue weighted by molar-refractivity contribution is 5.76. The van der Waals surface area contributed by atoms with Crippen LogP contribution in [0.4, 0.5) is 0 Å². The standard InChI is InChI=1S/C17H32N2O/c1-4-18-11-7-17(8-12-18)9-13-19(14-10-17)16(20)6-5-15(2)3/h15H,4-14H2,1-3H3. The van der Waals surface area contributed by atoms with E-state index in [0.717, 1.165) is 25.9 Å². The van der Waals surface area contributed by atoms with Crippen LogP contribution in [-0.4, -0.2) is 48.4 Å². The Morgan fingerprint density at radius 1 is 1.05 bits per heavy atom. The molecule has 3 nitrogen and oxygen atoms in total. The van der Waals surface area contributed by atoms with Crippen LogP contribution in [-0.2, 0) is 4.79 Å². The van der Waals surface area contributed by atoms with E-state index in [1.54, 1.807) is 0 Å². The van der Waals surface area contributed by atoms with Crippen molar-refractivity contribution in [1.82, 2.24) is 9.80 Å². The van der Waals surface area contributed by atoms with E-state index in [9.17, 15) is 4.79 Å². The fraction of sp³-hybridized carbons (Fsp3) is 0.941. The van der Waals surface area contributed by atoms with Gasteiger partial charge < -0.3 is 9.80 Å². The summed E-state index contributed by atoms with van der Waals surface area (Å²) in [6.07, 6.45) is 6.93. The summed E-state index contributed by atoms with van der Waals surface area (Å²) in [6.45, 7) is 12.4. The molecule has 0 aromatic rings. The summed E-state index contributed by atoms with van der Waals surface area (Å²) in [5, 5.41) is 0. The van der Waals surface area contributed by atoms with Crippen LogP contribution in [0.5, 0.6) is 0 Å². The van der Waals surface area contributed by atoms with Gasteiger partial charge >= 0.3 is 0 Å². The van der Waals surface area contributed by atoms with Gasteiger partial charge in [-0.05, 0) is 63.1 Å². The van der Waals surface area contributed by atoms with E-state index in [0.29, 0.717) is 17.2 Å². The van der Waals surface area contributed by atoms with Crippen molar-refractivity contribution >= 4 is 5.91 Å². The summed E-state index contributed by atoms with van der Waals surface area (Å²) in [5.41, 5.74) is 0.556. The van der Waals surface area contributed by atoms with Gasteiger partial charge in [0.15, 0.2) is 0 Å². The highest BCUT2D eigenvalue weighted by atomic mass is 16.2. The van der Waals surface area contributed by atoms with Crippen LogP contribution in [0, 0.1) is 11.3 Å². The minimum Gasteiger partial charge on any atom is -0.343 e. The van der Waals surface area contributed by atoms with Gasteiger partial charge in [0.1, 0.15) is 0 Å². The van der Waals surface area contributed by atoms with E-state index in [1.807, 2.05) is 0 Å². The van der Waals surface area contributed by atoms with Crippen LogP contribution in [0.2, 0.25) is 0 Å². The number of hydrogen-bond acceptors (Lipinski definition) is 2. The summed E-state index contributed by atoms with van der Waals surface area (Å²) < 4.78 is 0. The molecule has 2 fully saturated rings. The Kier molecular flexibility index (Phi) is 5.48. The van der Waals surface area contributed by atoms with Gasteiger partial charge in [0.2, 0.25) is 5.91 Å². The van der Waals surface area contributed by atoms with Crippen molar-refractivity contribution < 1.29 is 4.79 Å². The quantitative estimate of drug-likeness (QED) is 0.790. The zero-order valence-corrected chi connectivity index (χ0v) is 13.7. The number of likely N-dealkylation sites (tertiary alicyclic amines) is 2. The molecule has 0 bridgehead atoms. The van der Waals surface area contributed by atoms with Gasteiger partial charge in [-0.15, -0.1) is 0 Å². The summed E-state index contributed by atoms with van der Waals surface area (Å²) in [5.74, 6) is 1.02. The largest absolute Gasteiger partial charge is 0.343 e. The predicted octanol–water partition coefficient (Wildman–Crippen LogP) is 3.15. The van der Waals surface area contributed by atoms with Crippen molar-refractivity contribution in [2.75, 3.05) is 32.7 Å². The van der Waals surface area contributed by atoms with Crippen molar-refractivity contribution in [2.45, 2.75) is 59.3 Å². The zero-order chi connectivity index (χ0) is 14.6. The SMILES string of the molecule is CCN1CCC2(CC1)CCN(C(=O)CCC(C)C)CC2. The molecule has 3 heteroatoms. The van der Waals surface area contributed by atoms with Crippen LogP contribution in [0.15, 0.2) is 0 Å². The smallest absolute Gasteiger partial charge is 0.222 e. The van der Waals surface area contributed by atoms with E-state index in [-0.39, 0.29) is 0 Å². The lowest BCUT2D eigenvalue weighted by atomic mass is 9.71. The van der Waals surface area contributed by atoms with Gasteiger partial charge in [0.25, 0.3) is 0 Å². The lowest BCUT2D eigenvalue weighted by molar-refractivity contribution is -0.134. The molecule has 0 saturated carbocycles. The van der Waals surface area contributed by atoms with Gasteiger partial charge in [-0.2, -0.15) is 0 Å². The first-order valence-corrected chi connectivity index (χ1v) is 8.55. The second-order valence-electron chi connectivity index (χ2n) is 7.25. The summed E-state index contributed by atoms with van der Waals surface area (Å²) in [4.78, 5) is 16.9. The second kappa shape index (κ2) is 6.93. The zero-order valence-electron chi connectivity index (χ0n) is 13.7. The fourth-order valence-electron chi connectivity index (χ4n) is 3.64. The monoisotopic (exact) mass is 280 g/mol. The van der Waals surface area contributed by atoms with Gasteiger partial charge in [-0.25, -0.2) is 0 Å². The Morgan fingerprint density at radius 2 is 1.60 bits per heavy atom. The lowest BCUT2D eigenvalue weighted by Gasteiger charge is -2.46. The molecule has 0 aromatic carbocycles. The van der Waals surface area contributed by atoms with Crippen molar-refractivity contribution in [2.24, 2.45) is 11.3 Å². The lowest BCUT2D eigenvalue weighted by Crippen LogP contribution is -2.48. The number of carbonyl (C=O) groups excluding carboxylic acids is 1. The van der Waals surface area contributed by atoms with Gasteiger partial charge in [-0.3, -0.25) is 4.79 Å². The molecule has 0 aliphatic carbocycles. The first kappa shape index (κ1) is 15.8. The number of nitrogens with zero attached hydrogens (tertiary/aromatic N) is 2. The maximum absolute atomic E-state index is 12.2. The van der Waals surface area contributed by atoms with Gasteiger partial charge in [0, 0.05) is 19.5 Å². The third kappa shape index (κ3) is 3.97. The molecule has 0 radical (unpaired) electrons. The van der Waals surface area contributed by atoms with E-state index in [4.69, 9.17) is 0 Å². The summed E-state index contributed by atoms with van der Waals surface area (Å²) in [7, 11) is 0. The van der Waals surface area contributed by atoms with Crippen LogP contribution >= 0.6 is 0 Å². The number of hydrogen-bond donors (Lipinski definition) is 0. The third-order valence-corrected chi connectivity index (χ3v) is 5.48. The molecule has 0 unspecified atom stereocenters. The Balaban J connectivity index is 1.76. The molecule has 116 valence electrons. The maximum Gasteiger partial charge on any atom is 0.222 e. The topological polar surface area (TPSA) is 23.6 Å². The van der Waals surface area contributed by atoms with Crippen molar-refractivity contribution in [3.05, 3.63) is 0 Å². The summed E-state index contributed by atoms with van der Waals surface area (Å²) in [6, 6.07) is 0. The minimum atomic E-state index is 0.388. The Morgan fingerprint density at radius 3 is 2.10 bits per heavy atom. The van der Waals surface area contributed by atoms with E-state index in [1.165, 1.54) is 45.3 Å². The molecule has 2 saturated heterocycles. The normalized spacial score (nSPS) is 23.5. The molecule has 0 N–H and O–H groups in total. The highest BCUT2D eigenvalue weighted by Gasteiger charge is 2.37. The van der Waals surface area contributed by atoms with E-state index in [2.05, 4.69) is 30.6 Å². The molecular weight excluding hydrogens is 248 g/mol. The number of rotatable bonds is 4. The Hall–Kier alpha value is -0.570. The van der Waals surface area contributed by atoms with E-state index >= 15 is 0 Å². The van der Waals surface area contributed by atoms with Gasteiger partial charge in [-0.1, -0.05) is 20.8 Å². The molecule has 2 aliphatic rings. The van der Waals surface area contributed by atoms with Crippen molar-refractivity contribution in [3.8, 4) is 0 Å². The number of amides is 1. The van der Waals surface area contributed by atoms with Crippen LogP contribution in [0.25, 0.3) is 0 Å². The molecule has 20 heavy (non-hydrogen) atoms. The first-order chi connectivity index (χ1) is 9.54.